The largest absolute Gasteiger partial charge is 0.380 e. The summed E-state index contributed by atoms with van der Waals surface area (Å²) < 4.78 is 7.00. The standard InChI is InChI=1S/C20H21N3O2S/c1-19(2,3)14-6-4-13(5-7-14)16-15(8-21)17(24)23-9-20(10-25-11-20)12-26-18(23)22-16/h4-7H,9-12H2,1-3H3. The molecule has 0 aliphatic carbocycles. The molecule has 1 saturated heterocycles. The number of ether oxygens (including phenoxy) is 1. The van der Waals surface area contributed by atoms with E-state index in [-0.39, 0.29) is 22.0 Å². The minimum atomic E-state index is -0.245. The molecule has 2 aliphatic heterocycles. The summed E-state index contributed by atoms with van der Waals surface area (Å²) in [5.74, 6) is 0.897. The number of hydrogen-bond donors (Lipinski definition) is 0. The number of aromatic nitrogens is 2. The predicted molar refractivity (Wildman–Crippen MR) is 101 cm³/mol. The van der Waals surface area contributed by atoms with Gasteiger partial charge < -0.3 is 4.74 Å². The van der Waals surface area contributed by atoms with E-state index in [1.165, 1.54) is 5.56 Å². The van der Waals surface area contributed by atoms with Crippen molar-refractivity contribution >= 4 is 11.8 Å². The summed E-state index contributed by atoms with van der Waals surface area (Å²) in [6.45, 7) is 8.39. The van der Waals surface area contributed by atoms with Crippen molar-refractivity contribution in [3.63, 3.8) is 0 Å². The molecule has 1 fully saturated rings. The Morgan fingerprint density at radius 3 is 2.50 bits per heavy atom. The van der Waals surface area contributed by atoms with E-state index in [1.54, 1.807) is 16.3 Å². The lowest BCUT2D eigenvalue weighted by atomic mass is 9.86. The number of hydrogen-bond acceptors (Lipinski definition) is 5. The molecule has 6 heteroatoms. The van der Waals surface area contributed by atoms with E-state index in [0.29, 0.717) is 30.6 Å². The van der Waals surface area contributed by atoms with Crippen molar-refractivity contribution in [3.8, 4) is 17.3 Å². The van der Waals surface area contributed by atoms with Crippen molar-refractivity contribution in [2.75, 3.05) is 19.0 Å². The Labute approximate surface area is 157 Å². The van der Waals surface area contributed by atoms with E-state index in [4.69, 9.17) is 9.72 Å². The van der Waals surface area contributed by atoms with Gasteiger partial charge in [-0.25, -0.2) is 4.98 Å². The summed E-state index contributed by atoms with van der Waals surface area (Å²) in [4.78, 5) is 17.6. The highest BCUT2D eigenvalue weighted by Gasteiger charge is 2.43. The summed E-state index contributed by atoms with van der Waals surface area (Å²) in [6.07, 6.45) is 0. The topological polar surface area (TPSA) is 67.9 Å². The highest BCUT2D eigenvalue weighted by Crippen LogP contribution is 2.40. The van der Waals surface area contributed by atoms with Crippen LogP contribution >= 0.6 is 11.8 Å². The lowest BCUT2D eigenvalue weighted by Gasteiger charge is -2.44. The number of thioether (sulfide) groups is 1. The normalized spacial score (nSPS) is 18.1. The van der Waals surface area contributed by atoms with E-state index >= 15 is 0 Å². The van der Waals surface area contributed by atoms with Gasteiger partial charge in [0.25, 0.3) is 5.56 Å². The first kappa shape index (κ1) is 17.3. The number of benzene rings is 1. The highest BCUT2D eigenvalue weighted by molar-refractivity contribution is 7.99. The molecule has 26 heavy (non-hydrogen) atoms. The molecule has 2 aliphatic rings. The second-order valence-electron chi connectivity index (χ2n) is 8.23. The number of nitrogens with zero attached hydrogens (tertiary/aromatic N) is 3. The average Bonchev–Trinajstić information content (AvgIpc) is 2.59. The number of fused-ring (bicyclic) bond motifs is 1. The van der Waals surface area contributed by atoms with Crippen LogP contribution < -0.4 is 5.56 Å². The molecule has 2 aromatic rings. The third-order valence-electron chi connectivity index (χ3n) is 5.09. The Morgan fingerprint density at radius 1 is 1.27 bits per heavy atom. The van der Waals surface area contributed by atoms with E-state index < -0.39 is 0 Å². The van der Waals surface area contributed by atoms with Gasteiger partial charge in [0.1, 0.15) is 11.6 Å². The average molecular weight is 367 g/mol. The Balaban J connectivity index is 1.80. The molecule has 1 aromatic heterocycles. The summed E-state index contributed by atoms with van der Waals surface area (Å²) in [5, 5.41) is 10.3. The van der Waals surface area contributed by atoms with Gasteiger partial charge in [0.2, 0.25) is 0 Å². The molecule has 0 bridgehead atoms. The number of rotatable bonds is 1. The van der Waals surface area contributed by atoms with Crippen LogP contribution in [0.25, 0.3) is 11.3 Å². The monoisotopic (exact) mass is 367 g/mol. The van der Waals surface area contributed by atoms with Gasteiger partial charge in [0.05, 0.1) is 18.9 Å². The molecule has 1 spiro atoms. The Hall–Kier alpha value is -2.10. The van der Waals surface area contributed by atoms with E-state index in [9.17, 15) is 10.1 Å². The van der Waals surface area contributed by atoms with Crippen molar-refractivity contribution in [2.45, 2.75) is 37.9 Å². The van der Waals surface area contributed by atoms with Gasteiger partial charge in [-0.15, -0.1) is 0 Å². The molecule has 0 atom stereocenters. The van der Waals surface area contributed by atoms with Gasteiger partial charge >= 0.3 is 0 Å². The first-order valence-corrected chi connectivity index (χ1v) is 9.68. The Bertz CT molecular complexity index is 961. The second kappa shape index (κ2) is 5.97. The van der Waals surface area contributed by atoms with Crippen LogP contribution in [0.1, 0.15) is 31.9 Å². The zero-order chi connectivity index (χ0) is 18.5. The molecule has 0 saturated carbocycles. The van der Waals surface area contributed by atoms with Crippen LogP contribution in [0.3, 0.4) is 0 Å². The van der Waals surface area contributed by atoms with Crippen LogP contribution in [0.4, 0.5) is 0 Å². The fourth-order valence-electron chi connectivity index (χ4n) is 3.39. The van der Waals surface area contributed by atoms with E-state index in [0.717, 1.165) is 11.3 Å². The third-order valence-corrected chi connectivity index (χ3v) is 6.41. The zero-order valence-corrected chi connectivity index (χ0v) is 16.0. The van der Waals surface area contributed by atoms with E-state index in [1.807, 2.05) is 24.3 Å². The maximum Gasteiger partial charge on any atom is 0.272 e. The van der Waals surface area contributed by atoms with Crippen LogP contribution in [0.2, 0.25) is 0 Å². The minimum Gasteiger partial charge on any atom is -0.380 e. The first-order valence-electron chi connectivity index (χ1n) is 8.69. The molecule has 134 valence electrons. The van der Waals surface area contributed by atoms with Crippen molar-refractivity contribution in [2.24, 2.45) is 5.41 Å². The van der Waals surface area contributed by atoms with Gasteiger partial charge in [-0.3, -0.25) is 9.36 Å². The molecule has 0 unspecified atom stereocenters. The lowest BCUT2D eigenvalue weighted by molar-refractivity contribution is -0.110. The van der Waals surface area contributed by atoms with Crippen LogP contribution in [0.15, 0.2) is 34.2 Å². The molecular formula is C20H21N3O2S. The second-order valence-corrected chi connectivity index (χ2v) is 9.17. The van der Waals surface area contributed by atoms with E-state index in [2.05, 4.69) is 26.8 Å². The van der Waals surface area contributed by atoms with Crippen molar-refractivity contribution in [1.82, 2.24) is 9.55 Å². The summed E-state index contributed by atoms with van der Waals surface area (Å²) >= 11 is 1.58. The minimum absolute atomic E-state index is 0.0196. The van der Waals surface area contributed by atoms with Crippen molar-refractivity contribution in [3.05, 3.63) is 45.7 Å². The lowest BCUT2D eigenvalue weighted by Crippen LogP contribution is -2.52. The zero-order valence-electron chi connectivity index (χ0n) is 15.2. The van der Waals surface area contributed by atoms with Crippen molar-refractivity contribution in [1.29, 1.82) is 5.26 Å². The smallest absolute Gasteiger partial charge is 0.272 e. The molecule has 4 rings (SSSR count). The molecule has 5 nitrogen and oxygen atoms in total. The summed E-state index contributed by atoms with van der Waals surface area (Å²) in [5.41, 5.74) is 2.44. The SMILES string of the molecule is CC(C)(C)c1ccc(-c2nc3n(c(=O)c2C#N)CC2(COC2)CS3)cc1. The summed E-state index contributed by atoms with van der Waals surface area (Å²) in [6, 6.07) is 10.1. The summed E-state index contributed by atoms with van der Waals surface area (Å²) in [7, 11) is 0. The maximum absolute atomic E-state index is 12.9. The molecule has 3 heterocycles. The van der Waals surface area contributed by atoms with Gasteiger partial charge in [-0.1, -0.05) is 56.8 Å². The molecule has 1 aromatic carbocycles. The molecular weight excluding hydrogens is 346 g/mol. The van der Waals surface area contributed by atoms with Gasteiger partial charge in [-0.2, -0.15) is 5.26 Å². The number of nitriles is 1. The van der Waals surface area contributed by atoms with Crippen LogP contribution in [0, 0.1) is 16.7 Å². The fourth-order valence-corrected chi connectivity index (χ4v) is 4.54. The van der Waals surface area contributed by atoms with Gasteiger partial charge in [0, 0.05) is 23.3 Å². The van der Waals surface area contributed by atoms with Crippen LogP contribution in [-0.2, 0) is 16.7 Å². The van der Waals surface area contributed by atoms with Crippen molar-refractivity contribution < 1.29 is 4.74 Å². The predicted octanol–water partition coefficient (Wildman–Crippen LogP) is 3.20. The third kappa shape index (κ3) is 2.76. The Morgan fingerprint density at radius 2 is 1.96 bits per heavy atom. The van der Waals surface area contributed by atoms with Gasteiger partial charge in [-0.05, 0) is 11.0 Å². The molecule has 0 amide bonds. The highest BCUT2D eigenvalue weighted by atomic mass is 32.2. The first-order chi connectivity index (χ1) is 12.3. The molecule has 0 radical (unpaired) electrons. The molecule has 0 N–H and O–H groups in total. The quantitative estimate of drug-likeness (QED) is 0.724. The fraction of sp³-hybridized carbons (Fsp3) is 0.450. The van der Waals surface area contributed by atoms with Gasteiger partial charge in [0.15, 0.2) is 5.16 Å². The Kier molecular flexibility index (Phi) is 3.98. The van der Waals surface area contributed by atoms with Crippen LogP contribution in [-0.4, -0.2) is 28.5 Å². The maximum atomic E-state index is 12.9. The van der Waals surface area contributed by atoms with Crippen LogP contribution in [0.5, 0.6) is 0 Å².